The fourth-order valence-corrected chi connectivity index (χ4v) is 13.0. The van der Waals surface area contributed by atoms with Gasteiger partial charge in [-0.2, -0.15) is 0 Å². The summed E-state index contributed by atoms with van der Waals surface area (Å²) >= 11 is 0. The van der Waals surface area contributed by atoms with Gasteiger partial charge in [0.25, 0.3) is 0 Å². The Hall–Kier alpha value is -7.03. The number of para-hydroxylation sites is 2. The fraction of sp³-hybridized carbons (Fsp3) is 0.0167. The Morgan fingerprint density at radius 1 is 0.385 bits per heavy atom. The Bertz CT molecular complexity index is 3960. The molecular weight excluding hydrogens is 922 g/mol. The molecule has 0 N–H and O–H groups in total. The van der Waals surface area contributed by atoms with Gasteiger partial charge in [0, 0.05) is 0 Å². The fourth-order valence-electron chi connectivity index (χ4n) is 13.0. The average molecular weight is 982 g/mol. The van der Waals surface area contributed by atoms with Crippen LogP contribution >= 0.6 is 0 Å². The standard InChI is InChI=1S/C60H60B16N2/c1-28-39(45(61)44(60(75)76)42-49(65)54(70)57(73)55(71)50(42)66)43-46(62)40(41-47(63)52(68)56(72)53(69)48(41)64)51(67)58(74)59(43)77(28)37-18-10-8-16-35(37)36-17-9-11-19-38(36)78(33-24-20-31(21-25-33)29-12-4-2-5-13-29)34-26-22-32(23-27-34)30-14-6-3-7-15-30/h2-27,75H,61-74,76H2,1H3/b45-44+. The number of aromatic nitrogens is 1. The SMILES string of the molecule is B=C(B)/C(=C(/B)c1c(C)n(-c2ccccc2-c2ccccc2N(c2ccc(-c3ccccc3)cc2)c2ccc(-c3ccccc3)cc2)c2c(B)c(B)c(-c3c(B)c(B)c(B)c(B)c3B)c(B)c12)c1c(B)c(B)c(B)c(B)c1B. The molecule has 358 valence electrons. The number of allylic oxidation sites excluding steroid dienone is 1. The number of rotatable bonds is 11. The van der Waals surface area contributed by atoms with Gasteiger partial charge in [0.2, 0.25) is 0 Å². The van der Waals surface area contributed by atoms with Crippen LogP contribution in [0.5, 0.6) is 0 Å². The van der Waals surface area contributed by atoms with Crippen molar-refractivity contribution in [1.82, 2.24) is 4.57 Å². The van der Waals surface area contributed by atoms with E-state index in [1.165, 1.54) is 143 Å². The third kappa shape index (κ3) is 9.11. The van der Waals surface area contributed by atoms with Crippen molar-refractivity contribution in [3.05, 3.63) is 175 Å². The number of fused-ring (bicyclic) bond motifs is 1. The summed E-state index contributed by atoms with van der Waals surface area (Å²) in [6, 6.07) is 57.5. The van der Waals surface area contributed by atoms with E-state index >= 15 is 0 Å². The molecule has 18 heteroatoms. The van der Waals surface area contributed by atoms with Crippen molar-refractivity contribution in [3.63, 3.8) is 0 Å². The molecular formula is C60H60B16N2. The van der Waals surface area contributed by atoms with E-state index in [2.05, 4.69) is 292 Å². The van der Waals surface area contributed by atoms with Gasteiger partial charge >= 0.3 is 350 Å². The molecule has 2 nitrogen and oxygen atoms in total. The minimum absolute atomic E-state index is 1.07. The van der Waals surface area contributed by atoms with Gasteiger partial charge < -0.3 is 0 Å². The first kappa shape index (κ1) is 54.3. The number of benzene rings is 9. The van der Waals surface area contributed by atoms with Crippen LogP contribution in [-0.2, 0) is 0 Å². The Balaban J connectivity index is 1.28. The van der Waals surface area contributed by atoms with Gasteiger partial charge in [0.05, 0.1) is 0 Å². The average Bonchev–Trinajstić information content (AvgIpc) is 4.03. The van der Waals surface area contributed by atoms with E-state index in [1.54, 1.807) is 0 Å². The van der Waals surface area contributed by atoms with Crippen LogP contribution in [-0.4, -0.2) is 135 Å². The maximum atomic E-state index is 4.79. The van der Waals surface area contributed by atoms with Crippen LogP contribution in [0.2, 0.25) is 0 Å². The van der Waals surface area contributed by atoms with Crippen LogP contribution in [0.3, 0.4) is 0 Å². The van der Waals surface area contributed by atoms with Crippen molar-refractivity contribution < 1.29 is 0 Å². The van der Waals surface area contributed by atoms with E-state index in [-0.39, 0.29) is 0 Å². The zero-order chi connectivity index (χ0) is 55.6. The molecule has 0 aliphatic carbocycles. The number of hydrogen-bond acceptors (Lipinski definition) is 1. The molecule has 0 fully saturated rings. The first-order chi connectivity index (χ1) is 37.3. The summed E-state index contributed by atoms with van der Waals surface area (Å²) in [5.74, 6) is 0. The van der Waals surface area contributed by atoms with E-state index < -0.39 is 0 Å². The van der Waals surface area contributed by atoms with Crippen LogP contribution in [0.1, 0.15) is 16.8 Å². The molecule has 0 amide bonds. The predicted molar refractivity (Wildman–Crippen MR) is 393 cm³/mol. The zero-order valence-corrected chi connectivity index (χ0v) is 49.1. The number of hydrogen-bond donors (Lipinski definition) is 0. The second kappa shape index (κ2) is 21.7. The summed E-state index contributed by atoms with van der Waals surface area (Å²) in [7, 11) is 39.5. The molecule has 0 aliphatic heterocycles. The van der Waals surface area contributed by atoms with Crippen molar-refractivity contribution in [2.75, 3.05) is 4.90 Å². The van der Waals surface area contributed by atoms with Crippen LogP contribution in [0.4, 0.5) is 17.1 Å². The van der Waals surface area contributed by atoms with Gasteiger partial charge in [0.15, 0.2) is 0 Å². The summed E-state index contributed by atoms with van der Waals surface area (Å²) in [5, 5.41) is 2.37. The van der Waals surface area contributed by atoms with Crippen LogP contribution in [0.15, 0.2) is 158 Å². The second-order valence-corrected chi connectivity index (χ2v) is 22.2. The summed E-state index contributed by atoms with van der Waals surface area (Å²) in [5.41, 5.74) is 39.2. The van der Waals surface area contributed by atoms with Crippen molar-refractivity contribution in [2.45, 2.75) is 6.92 Å². The van der Waals surface area contributed by atoms with Crippen LogP contribution in [0, 0.1) is 6.92 Å². The molecule has 10 aromatic rings. The molecule has 0 atom stereocenters. The van der Waals surface area contributed by atoms with Gasteiger partial charge in [-0.3, -0.25) is 0 Å². The molecule has 1 aromatic heterocycles. The molecule has 0 aliphatic rings. The topological polar surface area (TPSA) is 8.17 Å². The van der Waals surface area contributed by atoms with Gasteiger partial charge in [-0.05, 0) is 46.5 Å². The Morgan fingerprint density at radius 2 is 0.769 bits per heavy atom. The maximum absolute atomic E-state index is 4.79. The number of nitrogens with zero attached hydrogens (tertiary/aromatic N) is 2. The molecule has 9 aromatic carbocycles. The first-order valence-corrected chi connectivity index (χ1v) is 27.8. The van der Waals surface area contributed by atoms with Crippen molar-refractivity contribution >= 4 is 241 Å². The van der Waals surface area contributed by atoms with E-state index in [0.29, 0.717) is 0 Å². The summed E-state index contributed by atoms with van der Waals surface area (Å²) in [4.78, 5) is 2.44. The minimum atomic E-state index is 1.07. The molecule has 0 radical (unpaired) electrons. The van der Waals surface area contributed by atoms with Gasteiger partial charge in [-0.25, -0.2) is 0 Å². The quantitative estimate of drug-likeness (QED) is 0.117. The Kier molecular flexibility index (Phi) is 15.1. The van der Waals surface area contributed by atoms with Crippen LogP contribution < -0.4 is 75.9 Å². The van der Waals surface area contributed by atoms with E-state index in [1.807, 2.05) is 0 Å². The Morgan fingerprint density at radius 3 is 1.26 bits per heavy atom. The molecule has 1 heterocycles. The van der Waals surface area contributed by atoms with Crippen molar-refractivity contribution in [1.29, 1.82) is 0 Å². The van der Waals surface area contributed by atoms with Crippen molar-refractivity contribution in [2.24, 2.45) is 0 Å². The Labute approximate surface area is 478 Å². The van der Waals surface area contributed by atoms with Crippen molar-refractivity contribution in [3.8, 4) is 50.2 Å². The molecule has 0 spiro atoms. The van der Waals surface area contributed by atoms with E-state index in [4.69, 9.17) is 7.49 Å². The van der Waals surface area contributed by atoms with Gasteiger partial charge in [0.1, 0.15) is 0 Å². The molecule has 0 saturated heterocycles. The van der Waals surface area contributed by atoms with E-state index in [0.717, 1.165) is 39.2 Å². The second-order valence-electron chi connectivity index (χ2n) is 22.2. The monoisotopic (exact) mass is 985 g/mol. The molecule has 0 saturated carbocycles. The third-order valence-corrected chi connectivity index (χ3v) is 18.2. The normalized spacial score (nSPS) is 11.6. The predicted octanol–water partition coefficient (Wildman–Crippen LogP) is -9.40. The molecule has 10 rings (SSSR count). The summed E-state index contributed by atoms with van der Waals surface area (Å²) in [6.07, 6.45) is 0. The molecule has 0 unspecified atom stereocenters. The summed E-state index contributed by atoms with van der Waals surface area (Å²) < 4.78 is 2.61. The van der Waals surface area contributed by atoms with Gasteiger partial charge in [-0.1, -0.05) is 84.9 Å². The first-order valence-electron chi connectivity index (χ1n) is 27.8. The molecule has 0 bridgehead atoms. The van der Waals surface area contributed by atoms with E-state index in [9.17, 15) is 0 Å². The third-order valence-electron chi connectivity index (χ3n) is 18.2. The molecule has 78 heavy (non-hydrogen) atoms. The number of anilines is 3. The van der Waals surface area contributed by atoms with Gasteiger partial charge in [-0.15, -0.1) is 0 Å². The van der Waals surface area contributed by atoms with Crippen LogP contribution in [0.25, 0.3) is 72.1 Å². The zero-order valence-electron chi connectivity index (χ0n) is 49.1. The summed E-state index contributed by atoms with van der Waals surface area (Å²) in [6.45, 7) is 2.36.